The van der Waals surface area contributed by atoms with Gasteiger partial charge in [0.1, 0.15) is 17.6 Å². The number of nitrogens with zero attached hydrogens (tertiary/aromatic N) is 4. The van der Waals surface area contributed by atoms with Crippen molar-refractivity contribution < 1.29 is 9.53 Å². The Balaban J connectivity index is 1.57. The van der Waals surface area contributed by atoms with Gasteiger partial charge in [0.2, 0.25) is 11.9 Å². The van der Waals surface area contributed by atoms with Gasteiger partial charge in [-0.2, -0.15) is 4.98 Å². The summed E-state index contributed by atoms with van der Waals surface area (Å²) in [6, 6.07) is 7.94. The summed E-state index contributed by atoms with van der Waals surface area (Å²) in [4.78, 5) is 24.7. The second-order valence-electron chi connectivity index (χ2n) is 6.70. The van der Waals surface area contributed by atoms with Gasteiger partial charge in [-0.3, -0.25) is 9.36 Å². The van der Waals surface area contributed by atoms with Crippen molar-refractivity contribution in [1.82, 2.24) is 19.5 Å². The Morgan fingerprint density at radius 1 is 1.30 bits per heavy atom. The zero-order valence-corrected chi connectivity index (χ0v) is 15.1. The van der Waals surface area contributed by atoms with Gasteiger partial charge in [-0.05, 0) is 50.5 Å². The molecular formula is C19H22N6O2. The minimum absolute atomic E-state index is 0.0689. The van der Waals surface area contributed by atoms with Crippen molar-refractivity contribution in [3.8, 4) is 11.4 Å². The Morgan fingerprint density at radius 3 is 2.81 bits per heavy atom. The smallest absolute Gasteiger partial charge is 0.224 e. The Labute approximate surface area is 156 Å². The second-order valence-corrected chi connectivity index (χ2v) is 6.70. The summed E-state index contributed by atoms with van der Waals surface area (Å²) in [6.45, 7) is 2.59. The van der Waals surface area contributed by atoms with E-state index in [0.29, 0.717) is 12.6 Å². The maximum atomic E-state index is 11.3. The van der Waals surface area contributed by atoms with Crippen LogP contribution in [0.25, 0.3) is 16.9 Å². The molecule has 1 saturated carbocycles. The van der Waals surface area contributed by atoms with E-state index in [9.17, 15) is 4.79 Å². The van der Waals surface area contributed by atoms with Crippen molar-refractivity contribution >= 4 is 23.0 Å². The molecular weight excluding hydrogens is 344 g/mol. The van der Waals surface area contributed by atoms with Gasteiger partial charge in [0, 0.05) is 17.6 Å². The van der Waals surface area contributed by atoms with E-state index >= 15 is 0 Å². The van der Waals surface area contributed by atoms with Crippen LogP contribution in [0.3, 0.4) is 0 Å². The summed E-state index contributed by atoms with van der Waals surface area (Å²) in [5.74, 6) is 1.06. The molecule has 1 aromatic carbocycles. The van der Waals surface area contributed by atoms with E-state index in [0.717, 1.165) is 41.9 Å². The van der Waals surface area contributed by atoms with Crippen LogP contribution in [0.4, 0.5) is 5.95 Å². The molecule has 1 fully saturated rings. The molecule has 4 rings (SSSR count). The summed E-state index contributed by atoms with van der Waals surface area (Å²) in [7, 11) is 0. The molecule has 0 aliphatic heterocycles. The third kappa shape index (κ3) is 3.55. The van der Waals surface area contributed by atoms with Gasteiger partial charge in [0.05, 0.1) is 12.8 Å². The Morgan fingerprint density at radius 2 is 2.11 bits per heavy atom. The number of nitrogens with two attached hydrogens (primary N) is 1. The Kier molecular flexibility index (Phi) is 4.62. The van der Waals surface area contributed by atoms with Crippen molar-refractivity contribution in [2.75, 3.05) is 11.9 Å². The molecule has 2 heterocycles. The minimum Gasteiger partial charge on any atom is -0.494 e. The lowest BCUT2D eigenvalue weighted by Gasteiger charge is -2.12. The first-order valence-corrected chi connectivity index (χ1v) is 9.13. The molecule has 8 heteroatoms. The Hall–Kier alpha value is -3.16. The molecule has 2 atom stereocenters. The zero-order valence-electron chi connectivity index (χ0n) is 15.1. The first-order chi connectivity index (χ1) is 13.1. The number of carbonyl (C=O) groups excluding carboxylic acids is 1. The maximum absolute atomic E-state index is 11.3. The standard InChI is InChI=1S/C19H22N6O2/c1-2-27-15-7-5-14(6-8-15)25-11-22-16-10-21-19(24-18(16)25)23-13-4-3-12(9-13)17(20)26/h5-8,10-13H,2-4,9H2,1H3,(H2,20,26)(H,21,23,24). The predicted molar refractivity (Wildman–Crippen MR) is 102 cm³/mol. The largest absolute Gasteiger partial charge is 0.494 e. The molecule has 3 aromatic rings. The Bertz CT molecular complexity index is 952. The van der Waals surface area contributed by atoms with Gasteiger partial charge in [-0.1, -0.05) is 0 Å². The van der Waals surface area contributed by atoms with Crippen molar-refractivity contribution in [3.63, 3.8) is 0 Å². The highest BCUT2D eigenvalue weighted by Gasteiger charge is 2.28. The van der Waals surface area contributed by atoms with Crippen LogP contribution in [0.5, 0.6) is 5.75 Å². The number of anilines is 1. The SMILES string of the molecule is CCOc1ccc(-n2cnc3cnc(NC4CCC(C(N)=O)C4)nc32)cc1. The van der Waals surface area contributed by atoms with E-state index in [1.54, 1.807) is 12.5 Å². The summed E-state index contributed by atoms with van der Waals surface area (Å²) in [6.07, 6.45) is 5.84. The number of nitrogens with one attached hydrogen (secondary N) is 1. The summed E-state index contributed by atoms with van der Waals surface area (Å²) >= 11 is 0. The van der Waals surface area contributed by atoms with Gasteiger partial charge >= 0.3 is 0 Å². The number of amides is 1. The fourth-order valence-corrected chi connectivity index (χ4v) is 3.49. The zero-order chi connectivity index (χ0) is 18.8. The first kappa shape index (κ1) is 17.3. The van der Waals surface area contributed by atoms with Crippen LogP contribution in [0.15, 0.2) is 36.8 Å². The number of aromatic nitrogens is 4. The number of carbonyl (C=O) groups is 1. The van der Waals surface area contributed by atoms with Crippen molar-refractivity contribution in [2.45, 2.75) is 32.2 Å². The van der Waals surface area contributed by atoms with E-state index in [1.165, 1.54) is 0 Å². The summed E-state index contributed by atoms with van der Waals surface area (Å²) in [5.41, 5.74) is 7.80. The summed E-state index contributed by atoms with van der Waals surface area (Å²) in [5, 5.41) is 3.32. The van der Waals surface area contributed by atoms with Crippen LogP contribution in [0.1, 0.15) is 26.2 Å². The third-order valence-corrected chi connectivity index (χ3v) is 4.88. The van der Waals surface area contributed by atoms with Crippen LogP contribution >= 0.6 is 0 Å². The number of imidazole rings is 1. The van der Waals surface area contributed by atoms with Crippen LogP contribution in [0, 0.1) is 5.92 Å². The lowest BCUT2D eigenvalue weighted by molar-refractivity contribution is -0.121. The number of primary amides is 1. The average molecular weight is 366 g/mol. The molecule has 2 aromatic heterocycles. The van der Waals surface area contributed by atoms with E-state index in [-0.39, 0.29) is 17.9 Å². The number of ether oxygens (including phenoxy) is 1. The topological polar surface area (TPSA) is 108 Å². The molecule has 0 saturated heterocycles. The van der Waals surface area contributed by atoms with Crippen molar-refractivity contribution in [3.05, 3.63) is 36.8 Å². The highest BCUT2D eigenvalue weighted by Crippen LogP contribution is 2.27. The third-order valence-electron chi connectivity index (χ3n) is 4.88. The number of rotatable bonds is 6. The monoisotopic (exact) mass is 366 g/mol. The van der Waals surface area contributed by atoms with E-state index in [2.05, 4.69) is 20.3 Å². The normalized spacial score (nSPS) is 19.3. The van der Waals surface area contributed by atoms with Gasteiger partial charge in [0.15, 0.2) is 5.65 Å². The van der Waals surface area contributed by atoms with Gasteiger partial charge in [-0.15, -0.1) is 0 Å². The maximum Gasteiger partial charge on any atom is 0.224 e. The number of benzene rings is 1. The fraction of sp³-hybridized carbons (Fsp3) is 0.368. The second kappa shape index (κ2) is 7.22. The molecule has 1 aliphatic rings. The predicted octanol–water partition coefficient (Wildman–Crippen LogP) is 2.28. The van der Waals surface area contributed by atoms with Crippen molar-refractivity contribution in [1.29, 1.82) is 0 Å². The van der Waals surface area contributed by atoms with E-state index in [4.69, 9.17) is 10.5 Å². The summed E-state index contributed by atoms with van der Waals surface area (Å²) < 4.78 is 7.41. The van der Waals surface area contributed by atoms with Crippen LogP contribution in [-0.4, -0.2) is 38.1 Å². The molecule has 8 nitrogen and oxygen atoms in total. The molecule has 3 N–H and O–H groups in total. The quantitative estimate of drug-likeness (QED) is 0.693. The van der Waals surface area contributed by atoms with Gasteiger partial charge < -0.3 is 15.8 Å². The van der Waals surface area contributed by atoms with Gasteiger partial charge in [-0.25, -0.2) is 9.97 Å². The highest BCUT2D eigenvalue weighted by molar-refractivity contribution is 5.77. The lowest BCUT2D eigenvalue weighted by Crippen LogP contribution is -2.23. The van der Waals surface area contributed by atoms with E-state index < -0.39 is 0 Å². The molecule has 0 bridgehead atoms. The molecule has 140 valence electrons. The fourth-order valence-electron chi connectivity index (χ4n) is 3.49. The molecule has 27 heavy (non-hydrogen) atoms. The van der Waals surface area contributed by atoms with E-state index in [1.807, 2.05) is 35.8 Å². The molecule has 0 radical (unpaired) electrons. The molecule has 0 spiro atoms. The average Bonchev–Trinajstić information content (AvgIpc) is 3.30. The lowest BCUT2D eigenvalue weighted by atomic mass is 10.1. The molecule has 2 unspecified atom stereocenters. The number of fused-ring (bicyclic) bond motifs is 1. The number of hydrogen-bond donors (Lipinski definition) is 2. The van der Waals surface area contributed by atoms with Crippen LogP contribution in [-0.2, 0) is 4.79 Å². The minimum atomic E-state index is -0.232. The highest BCUT2D eigenvalue weighted by atomic mass is 16.5. The molecule has 1 amide bonds. The number of hydrogen-bond acceptors (Lipinski definition) is 6. The van der Waals surface area contributed by atoms with Crippen LogP contribution in [0.2, 0.25) is 0 Å². The van der Waals surface area contributed by atoms with Gasteiger partial charge in [0.25, 0.3) is 0 Å². The van der Waals surface area contributed by atoms with Crippen molar-refractivity contribution in [2.24, 2.45) is 11.7 Å². The molecule has 1 aliphatic carbocycles. The van der Waals surface area contributed by atoms with Crippen LogP contribution < -0.4 is 15.8 Å². The first-order valence-electron chi connectivity index (χ1n) is 9.13.